The molecule has 10 atom stereocenters. The lowest BCUT2D eigenvalue weighted by Crippen LogP contribution is -2.35. The number of ether oxygens (including phenoxy) is 2. The third kappa shape index (κ3) is 5.35. The van der Waals surface area contributed by atoms with Crippen molar-refractivity contribution in [3.05, 3.63) is 41.7 Å². The third-order valence-electron chi connectivity index (χ3n) is 8.11. The van der Waals surface area contributed by atoms with Crippen molar-refractivity contribution in [2.24, 2.45) is 0 Å². The zero-order valence-electron chi connectivity index (χ0n) is 24.0. The van der Waals surface area contributed by atoms with Gasteiger partial charge in [0.1, 0.15) is 30.2 Å². The topological polar surface area (TPSA) is 251 Å². The van der Waals surface area contributed by atoms with Gasteiger partial charge in [-0.25, -0.2) is 38.3 Å². The van der Waals surface area contributed by atoms with E-state index in [4.69, 9.17) is 45.1 Å². The van der Waals surface area contributed by atoms with Gasteiger partial charge in [0.2, 0.25) is 5.78 Å². The van der Waals surface area contributed by atoms with Crippen LogP contribution in [0.1, 0.15) is 18.9 Å². The van der Waals surface area contributed by atoms with Gasteiger partial charge in [-0.15, -0.1) is 0 Å². The van der Waals surface area contributed by atoms with Crippen molar-refractivity contribution in [1.29, 1.82) is 0 Å². The fraction of sp³-hybridized carbons (Fsp3) is 0.478. The van der Waals surface area contributed by atoms with Gasteiger partial charge in [0, 0.05) is 18.8 Å². The Morgan fingerprint density at radius 3 is 2.56 bits per heavy atom. The summed E-state index contributed by atoms with van der Waals surface area (Å²) >= 11 is 5.13. The van der Waals surface area contributed by atoms with E-state index in [0.29, 0.717) is 0 Å². The first-order chi connectivity index (χ1) is 22.9. The molecule has 5 N–H and O–H groups in total. The second kappa shape index (κ2) is 11.6. The number of nitrogen functional groups attached to an aromatic ring is 1. The number of nitrogens with one attached hydrogen (secondary N) is 1. The van der Waals surface area contributed by atoms with Crippen LogP contribution in [0.5, 0.6) is 0 Å². The van der Waals surface area contributed by atoms with Crippen LogP contribution in [0, 0.1) is 0 Å². The van der Waals surface area contributed by atoms with Crippen molar-refractivity contribution in [3.63, 3.8) is 0 Å². The van der Waals surface area contributed by atoms with Crippen molar-refractivity contribution in [2.45, 2.75) is 55.6 Å². The lowest BCUT2D eigenvalue weighted by Gasteiger charge is -2.27. The van der Waals surface area contributed by atoms with E-state index in [-0.39, 0.29) is 40.3 Å². The molecular formula is C23H24F2N10O10P2S. The number of hydrogen-bond acceptors (Lipinski definition) is 15. The van der Waals surface area contributed by atoms with E-state index in [2.05, 4.69) is 29.9 Å². The van der Waals surface area contributed by atoms with E-state index < -0.39 is 82.5 Å². The Balaban J connectivity index is 1.13. The molecule has 3 fully saturated rings. The number of H-pyrrole nitrogens is 1. The molecule has 5 aromatic rings. The molecule has 25 heteroatoms. The third-order valence-corrected chi connectivity index (χ3v) is 10.7. The smallest absolute Gasteiger partial charge is 0.382 e. The highest BCUT2D eigenvalue weighted by Crippen LogP contribution is 2.54. The van der Waals surface area contributed by atoms with Crippen LogP contribution >= 0.6 is 14.5 Å². The predicted octanol–water partition coefficient (Wildman–Crippen LogP) is 0.790. The minimum atomic E-state index is -5.18. The summed E-state index contributed by atoms with van der Waals surface area (Å²) in [6.45, 7) is -5.53. The Hall–Kier alpha value is -3.34. The van der Waals surface area contributed by atoms with Crippen molar-refractivity contribution in [2.75, 3.05) is 18.9 Å². The predicted molar refractivity (Wildman–Crippen MR) is 159 cm³/mol. The molecule has 0 spiro atoms. The van der Waals surface area contributed by atoms with Crippen LogP contribution in [0.3, 0.4) is 0 Å². The largest absolute Gasteiger partial charge is 0.472 e. The maximum absolute atomic E-state index is 16.1. The molecule has 5 aromatic heterocycles. The first-order valence-corrected chi connectivity index (χ1v) is 18.2. The maximum atomic E-state index is 16.1. The van der Waals surface area contributed by atoms with E-state index in [9.17, 15) is 19.1 Å². The number of alkyl halides is 2. The Morgan fingerprint density at radius 1 is 0.958 bits per heavy atom. The summed E-state index contributed by atoms with van der Waals surface area (Å²) in [5.74, 6) is 0.167. The first kappa shape index (κ1) is 31.9. The van der Waals surface area contributed by atoms with Crippen molar-refractivity contribution < 1.29 is 50.7 Å². The molecule has 3 aliphatic rings. The van der Waals surface area contributed by atoms with Crippen LogP contribution in [-0.4, -0.2) is 103 Å². The monoisotopic (exact) mass is 732 g/mol. The average Bonchev–Trinajstić information content (AvgIpc) is 3.85. The van der Waals surface area contributed by atoms with Crippen molar-refractivity contribution in [1.82, 2.24) is 43.4 Å². The Morgan fingerprint density at radius 2 is 1.73 bits per heavy atom. The summed E-state index contributed by atoms with van der Waals surface area (Å²) in [4.78, 5) is 57.1. The Bertz CT molecular complexity index is 2200. The molecular weight excluding hydrogens is 708 g/mol. The Labute approximate surface area is 270 Å². The van der Waals surface area contributed by atoms with Gasteiger partial charge >= 0.3 is 14.5 Å². The van der Waals surface area contributed by atoms with Gasteiger partial charge in [0.25, 0.3) is 5.56 Å². The van der Waals surface area contributed by atoms with Crippen molar-refractivity contribution >= 4 is 60.3 Å². The summed E-state index contributed by atoms with van der Waals surface area (Å²) in [5.41, 5.74) is 5.58. The second-order valence-electron chi connectivity index (χ2n) is 11.0. The molecule has 48 heavy (non-hydrogen) atoms. The number of imidazole rings is 3. The van der Waals surface area contributed by atoms with Crippen LogP contribution in [0.15, 0.2) is 36.2 Å². The molecule has 0 radical (unpaired) electrons. The molecule has 2 bridgehead atoms. The van der Waals surface area contributed by atoms with E-state index in [1.165, 1.54) is 38.6 Å². The maximum Gasteiger partial charge on any atom is 0.472 e. The van der Waals surface area contributed by atoms with Gasteiger partial charge < -0.3 is 29.5 Å². The highest BCUT2D eigenvalue weighted by atomic mass is 32.5. The average molecular weight is 733 g/mol. The van der Waals surface area contributed by atoms with Gasteiger partial charge in [0.05, 0.1) is 32.0 Å². The van der Waals surface area contributed by atoms with Crippen LogP contribution < -0.4 is 11.3 Å². The molecule has 3 aliphatic heterocycles. The number of phosphoric acid groups is 1. The number of aromatic nitrogens is 9. The van der Waals surface area contributed by atoms with Gasteiger partial charge in [-0.2, -0.15) is 0 Å². The molecule has 0 aliphatic carbocycles. The fourth-order valence-electron chi connectivity index (χ4n) is 5.98. The lowest BCUT2D eigenvalue weighted by molar-refractivity contribution is -0.0545. The zero-order chi connectivity index (χ0) is 33.5. The highest BCUT2D eigenvalue weighted by Gasteiger charge is 2.53. The second-order valence-corrected chi connectivity index (χ2v) is 15.2. The van der Waals surface area contributed by atoms with Crippen LogP contribution in [0.25, 0.3) is 28.1 Å². The standard InChI is InChI=1S/C23H24F2N10O10P2S/c24-11-9-1-4-40-47(39,48)45-15-10(43-21(12(15)25)34-7-30-13-17(26)28-6-29-18(13)34)5-41-46(37,38)44-16(11)22(42-9)35-8-31-14-19(36)32-23-27-2-3-33(23)20(14)35/h2-3,6-12,15-16,21-22H,1,4-5H2,(H,37,38)(H,39,48)(H2,26,28,29)(H,27,32,36)/t9-,10-,11-,12-,15-,16-,21-,22-,47?/m1/s1. The van der Waals surface area contributed by atoms with E-state index in [0.717, 1.165) is 6.33 Å². The molecule has 0 aromatic carbocycles. The van der Waals surface area contributed by atoms with Crippen LogP contribution in [0.2, 0.25) is 0 Å². The van der Waals surface area contributed by atoms with E-state index in [1.807, 2.05) is 0 Å². The van der Waals surface area contributed by atoms with Crippen LogP contribution in [-0.2, 0) is 43.9 Å². The molecule has 8 rings (SSSR count). The molecule has 0 amide bonds. The molecule has 20 nitrogen and oxygen atoms in total. The summed E-state index contributed by atoms with van der Waals surface area (Å²) in [5, 5.41) is 0. The van der Waals surface area contributed by atoms with Gasteiger partial charge in [-0.05, 0) is 11.8 Å². The van der Waals surface area contributed by atoms with Crippen molar-refractivity contribution in [3.8, 4) is 0 Å². The lowest BCUT2D eigenvalue weighted by atomic mass is 10.1. The number of fused-ring (bicyclic) bond motifs is 7. The van der Waals surface area contributed by atoms with E-state index in [1.54, 1.807) is 0 Å². The summed E-state index contributed by atoms with van der Waals surface area (Å²) in [6, 6.07) is 0. The van der Waals surface area contributed by atoms with Crippen LogP contribution in [0.4, 0.5) is 14.6 Å². The minimum absolute atomic E-state index is 0.0238. The number of halogens is 2. The quantitative estimate of drug-likeness (QED) is 0.183. The molecule has 0 saturated carbocycles. The molecule has 256 valence electrons. The summed E-state index contributed by atoms with van der Waals surface area (Å²) in [6.07, 6.45) is -7.27. The number of rotatable bonds is 2. The fourth-order valence-corrected chi connectivity index (χ4v) is 8.39. The molecule has 2 unspecified atom stereocenters. The number of nitrogens with zero attached hydrogens (tertiary/aromatic N) is 8. The normalized spacial score (nSPS) is 36.5. The Kier molecular flexibility index (Phi) is 7.73. The highest BCUT2D eigenvalue weighted by molar-refractivity contribution is 8.07. The summed E-state index contributed by atoms with van der Waals surface area (Å²) in [7, 11) is -5.18. The van der Waals surface area contributed by atoms with Gasteiger partial charge in [-0.3, -0.25) is 36.9 Å². The number of nitrogens with two attached hydrogens (primary N) is 1. The minimum Gasteiger partial charge on any atom is -0.382 e. The number of hydrogen-bond donors (Lipinski definition) is 4. The van der Waals surface area contributed by atoms with Gasteiger partial charge in [0.15, 0.2) is 47.4 Å². The van der Waals surface area contributed by atoms with Gasteiger partial charge in [-0.1, -0.05) is 0 Å². The summed E-state index contributed by atoms with van der Waals surface area (Å²) < 4.78 is 82.6. The first-order valence-electron chi connectivity index (χ1n) is 14.2. The number of phosphoric ester groups is 1. The molecule has 8 heterocycles. The SMILES string of the molecule is Nc1ncnc2c1ncn2[C@@H]1O[C@@H]2COP(=O)(O)O[C@@H]3[C@H](F)[C@@H](CCOP(O)(=S)O[C@H]2[C@H]1F)O[C@H]3n1cnc2c(=O)[nH]c3nccn3c21. The number of aromatic amines is 1. The van der Waals surface area contributed by atoms with E-state index >= 15 is 8.78 Å². The number of anilines is 1. The molecule has 3 saturated heterocycles. The zero-order valence-corrected chi connectivity index (χ0v) is 26.6.